The quantitative estimate of drug-likeness (QED) is 0.0264. The summed E-state index contributed by atoms with van der Waals surface area (Å²) in [6.45, 7) is 8.18. The van der Waals surface area contributed by atoms with Gasteiger partial charge in [0.1, 0.15) is 28.6 Å². The molecule has 0 unspecified atom stereocenters. The zero-order valence-corrected chi connectivity index (χ0v) is 30.8. The highest BCUT2D eigenvalue weighted by molar-refractivity contribution is 6.00. The van der Waals surface area contributed by atoms with E-state index in [2.05, 4.69) is 13.2 Å². The molecule has 56 heavy (non-hydrogen) atoms. The SMILES string of the molecule is C=CC(=O)OCCCCOc1ccc2cc(C(=O)Oc3ccc(OC(=O)c4ccc5cc(OCCCCOC(=O)C=C)ccc5c4)c(C(=O)OC)c3)ccc2c1. The standard InChI is InChI=1S/C44H40O12/c1-4-40(45)53-22-8-6-20-51-35-16-14-29-24-33(12-10-31(29)26-35)42(47)55-37-18-19-39(38(28-37)44(49)50-3)56-43(48)34-13-11-32-27-36(17-15-30(32)25-34)52-21-7-9-23-54-41(46)5-2/h4-5,10-19,24-28H,1-2,6-9,20-23H2,3H3. The molecule has 0 N–H and O–H groups in total. The van der Waals surface area contributed by atoms with Crippen molar-refractivity contribution in [3.63, 3.8) is 0 Å². The maximum Gasteiger partial charge on any atom is 0.343 e. The molecule has 0 heterocycles. The van der Waals surface area contributed by atoms with E-state index in [0.717, 1.165) is 33.7 Å². The second-order valence-electron chi connectivity index (χ2n) is 12.2. The van der Waals surface area contributed by atoms with Crippen LogP contribution in [0.2, 0.25) is 0 Å². The van der Waals surface area contributed by atoms with Crippen molar-refractivity contribution < 1.29 is 57.1 Å². The Bertz CT molecular complexity index is 2260. The number of benzene rings is 5. The lowest BCUT2D eigenvalue weighted by molar-refractivity contribution is -0.138. The molecule has 12 heteroatoms. The van der Waals surface area contributed by atoms with Gasteiger partial charge in [-0.1, -0.05) is 37.4 Å². The summed E-state index contributed by atoms with van der Waals surface area (Å²) < 4.78 is 37.7. The van der Waals surface area contributed by atoms with Crippen LogP contribution in [-0.2, 0) is 23.8 Å². The molecule has 0 aliphatic heterocycles. The maximum atomic E-state index is 13.2. The van der Waals surface area contributed by atoms with Crippen molar-refractivity contribution in [1.29, 1.82) is 0 Å². The molecule has 0 radical (unpaired) electrons. The van der Waals surface area contributed by atoms with Gasteiger partial charge in [0, 0.05) is 12.2 Å². The Morgan fingerprint density at radius 3 is 1.45 bits per heavy atom. The van der Waals surface area contributed by atoms with Crippen molar-refractivity contribution in [3.05, 3.63) is 133 Å². The van der Waals surface area contributed by atoms with E-state index in [-0.39, 0.29) is 34.8 Å². The molecule has 12 nitrogen and oxygen atoms in total. The molecule has 0 saturated carbocycles. The minimum Gasteiger partial charge on any atom is -0.494 e. The normalized spacial score (nSPS) is 10.6. The zero-order chi connectivity index (χ0) is 39.9. The van der Waals surface area contributed by atoms with Crippen LogP contribution in [0.15, 0.2) is 116 Å². The highest BCUT2D eigenvalue weighted by Gasteiger charge is 2.20. The molecule has 0 spiro atoms. The van der Waals surface area contributed by atoms with Crippen LogP contribution < -0.4 is 18.9 Å². The fourth-order valence-corrected chi connectivity index (χ4v) is 5.39. The molecular weight excluding hydrogens is 720 g/mol. The summed E-state index contributed by atoms with van der Waals surface area (Å²) in [5, 5.41) is 3.22. The van der Waals surface area contributed by atoms with Crippen molar-refractivity contribution in [2.24, 2.45) is 0 Å². The summed E-state index contributed by atoms with van der Waals surface area (Å²) in [5.74, 6) is -1.82. The van der Waals surface area contributed by atoms with E-state index in [1.165, 1.54) is 25.3 Å². The Labute approximate surface area is 323 Å². The van der Waals surface area contributed by atoms with Crippen LogP contribution in [0.4, 0.5) is 0 Å². The number of hydrogen-bond donors (Lipinski definition) is 0. The van der Waals surface area contributed by atoms with Crippen molar-refractivity contribution in [2.75, 3.05) is 33.5 Å². The highest BCUT2D eigenvalue weighted by atomic mass is 16.6. The Morgan fingerprint density at radius 2 is 0.946 bits per heavy atom. The van der Waals surface area contributed by atoms with Crippen LogP contribution in [0.25, 0.3) is 21.5 Å². The predicted octanol–water partition coefficient (Wildman–Crippen LogP) is 7.99. The van der Waals surface area contributed by atoms with E-state index in [1.807, 2.05) is 24.3 Å². The van der Waals surface area contributed by atoms with Gasteiger partial charge < -0.3 is 33.2 Å². The fourth-order valence-electron chi connectivity index (χ4n) is 5.39. The largest absolute Gasteiger partial charge is 0.494 e. The van der Waals surface area contributed by atoms with Crippen molar-refractivity contribution >= 4 is 51.4 Å². The van der Waals surface area contributed by atoms with E-state index in [4.69, 9.17) is 33.2 Å². The van der Waals surface area contributed by atoms with E-state index in [1.54, 1.807) is 48.5 Å². The van der Waals surface area contributed by atoms with Crippen molar-refractivity contribution in [3.8, 4) is 23.0 Å². The lowest BCUT2D eigenvalue weighted by atomic mass is 10.1. The van der Waals surface area contributed by atoms with Gasteiger partial charge in [0.2, 0.25) is 0 Å². The van der Waals surface area contributed by atoms with Crippen LogP contribution in [0.3, 0.4) is 0 Å². The number of carbonyl (C=O) groups is 5. The molecule has 5 aromatic carbocycles. The van der Waals surface area contributed by atoms with Gasteiger partial charge in [-0.15, -0.1) is 0 Å². The van der Waals surface area contributed by atoms with Crippen molar-refractivity contribution in [2.45, 2.75) is 25.7 Å². The van der Waals surface area contributed by atoms with E-state index in [9.17, 15) is 24.0 Å². The molecule has 0 fully saturated rings. The maximum absolute atomic E-state index is 13.2. The Balaban J connectivity index is 1.18. The predicted molar refractivity (Wildman–Crippen MR) is 207 cm³/mol. The minimum atomic E-state index is -0.797. The van der Waals surface area contributed by atoms with Crippen LogP contribution in [0.5, 0.6) is 23.0 Å². The summed E-state index contributed by atoms with van der Waals surface area (Å²) in [4.78, 5) is 61.4. The summed E-state index contributed by atoms with van der Waals surface area (Å²) >= 11 is 0. The van der Waals surface area contributed by atoms with Gasteiger partial charge in [0.15, 0.2) is 0 Å². The molecule has 0 bridgehead atoms. The van der Waals surface area contributed by atoms with Crippen LogP contribution >= 0.6 is 0 Å². The molecule has 5 aromatic rings. The van der Waals surface area contributed by atoms with Gasteiger partial charge in [-0.05, 0) is 114 Å². The third kappa shape index (κ3) is 11.3. The lowest BCUT2D eigenvalue weighted by Crippen LogP contribution is -2.13. The Morgan fingerprint density at radius 1 is 0.500 bits per heavy atom. The average molecular weight is 761 g/mol. The van der Waals surface area contributed by atoms with Gasteiger partial charge in [-0.2, -0.15) is 0 Å². The molecule has 0 atom stereocenters. The molecule has 0 saturated heterocycles. The summed E-state index contributed by atoms with van der Waals surface area (Å²) in [7, 11) is 1.18. The molecule has 0 aliphatic rings. The number of ether oxygens (including phenoxy) is 7. The average Bonchev–Trinajstić information content (AvgIpc) is 3.22. The highest BCUT2D eigenvalue weighted by Crippen LogP contribution is 2.29. The second kappa shape index (κ2) is 19.9. The third-order valence-corrected chi connectivity index (χ3v) is 8.30. The smallest absolute Gasteiger partial charge is 0.343 e. The number of esters is 5. The van der Waals surface area contributed by atoms with Crippen LogP contribution in [-0.4, -0.2) is 63.4 Å². The molecule has 288 valence electrons. The van der Waals surface area contributed by atoms with Gasteiger partial charge in [0.25, 0.3) is 0 Å². The molecule has 0 amide bonds. The van der Waals surface area contributed by atoms with Gasteiger partial charge in [0.05, 0.1) is 44.7 Å². The number of methoxy groups -OCH3 is 1. The first-order chi connectivity index (χ1) is 27.2. The van der Waals surface area contributed by atoms with Gasteiger partial charge in [-0.25, -0.2) is 24.0 Å². The van der Waals surface area contributed by atoms with E-state index in [0.29, 0.717) is 57.0 Å². The third-order valence-electron chi connectivity index (χ3n) is 8.30. The van der Waals surface area contributed by atoms with E-state index < -0.39 is 29.8 Å². The molecule has 0 aliphatic carbocycles. The Kier molecular flexibility index (Phi) is 14.3. The number of unbranched alkanes of at least 4 members (excludes halogenated alkanes) is 2. The summed E-state index contributed by atoms with van der Waals surface area (Å²) in [5.41, 5.74) is 0.399. The Hall–Kier alpha value is -6.95. The van der Waals surface area contributed by atoms with Crippen molar-refractivity contribution in [1.82, 2.24) is 0 Å². The monoisotopic (exact) mass is 760 g/mol. The molecular formula is C44H40O12. The number of fused-ring (bicyclic) bond motifs is 2. The molecule has 5 rings (SSSR count). The number of rotatable bonds is 19. The topological polar surface area (TPSA) is 150 Å². The van der Waals surface area contributed by atoms with Gasteiger partial charge >= 0.3 is 29.8 Å². The summed E-state index contributed by atoms with van der Waals surface area (Å²) in [6, 6.07) is 25.1. The minimum absolute atomic E-state index is 0.0400. The molecule has 0 aromatic heterocycles. The zero-order valence-electron chi connectivity index (χ0n) is 30.8. The van der Waals surface area contributed by atoms with Crippen LogP contribution in [0.1, 0.15) is 56.8 Å². The lowest BCUT2D eigenvalue weighted by Gasteiger charge is -2.12. The first-order valence-corrected chi connectivity index (χ1v) is 17.8. The number of carbonyl (C=O) groups excluding carboxylic acids is 5. The second-order valence-corrected chi connectivity index (χ2v) is 12.2. The first kappa shape index (κ1) is 40.2. The summed E-state index contributed by atoms with van der Waals surface area (Å²) in [6.07, 6.45) is 4.93. The first-order valence-electron chi connectivity index (χ1n) is 17.8. The fraction of sp³-hybridized carbons (Fsp3) is 0.205. The van der Waals surface area contributed by atoms with E-state index >= 15 is 0 Å². The van der Waals surface area contributed by atoms with Gasteiger partial charge in [-0.3, -0.25) is 0 Å². The number of hydrogen-bond acceptors (Lipinski definition) is 12. The van der Waals surface area contributed by atoms with Crippen LogP contribution in [0, 0.1) is 0 Å².